The van der Waals surface area contributed by atoms with Crippen LogP contribution in [0.5, 0.6) is 0 Å². The van der Waals surface area contributed by atoms with Crippen LogP contribution >= 0.6 is 0 Å². The van der Waals surface area contributed by atoms with Crippen molar-refractivity contribution < 1.29 is 4.74 Å². The van der Waals surface area contributed by atoms with E-state index in [1.54, 1.807) is 0 Å². The molecule has 3 atom stereocenters. The Morgan fingerprint density at radius 3 is 2.39 bits per heavy atom. The summed E-state index contributed by atoms with van der Waals surface area (Å²) in [5.41, 5.74) is 0.360. The zero-order valence-electron chi connectivity index (χ0n) is 12.7. The largest absolute Gasteiger partial charge is 0.374 e. The van der Waals surface area contributed by atoms with Crippen LogP contribution in [0.15, 0.2) is 0 Å². The average Bonchev–Trinajstić information content (AvgIpc) is 2.39. The maximum Gasteiger partial charge on any atom is 0.0662 e. The minimum Gasteiger partial charge on any atom is -0.374 e. The van der Waals surface area contributed by atoms with Crippen molar-refractivity contribution in [1.82, 2.24) is 5.32 Å². The van der Waals surface area contributed by atoms with E-state index in [0.717, 1.165) is 12.5 Å². The molecule has 0 bridgehead atoms. The first-order valence-electron chi connectivity index (χ1n) is 7.99. The molecule has 18 heavy (non-hydrogen) atoms. The molecule has 0 amide bonds. The van der Waals surface area contributed by atoms with Crippen molar-refractivity contribution in [2.24, 2.45) is 11.3 Å². The highest BCUT2D eigenvalue weighted by Gasteiger charge is 2.51. The smallest absolute Gasteiger partial charge is 0.0662 e. The van der Waals surface area contributed by atoms with Crippen LogP contribution in [0.4, 0.5) is 0 Å². The van der Waals surface area contributed by atoms with Crippen LogP contribution in [-0.4, -0.2) is 24.8 Å². The van der Waals surface area contributed by atoms with Crippen molar-refractivity contribution in [2.75, 3.05) is 6.54 Å². The summed E-state index contributed by atoms with van der Waals surface area (Å²) in [6, 6.07) is 0.667. The van der Waals surface area contributed by atoms with Crippen LogP contribution in [0.1, 0.15) is 66.2 Å². The Hall–Kier alpha value is -0.0800. The topological polar surface area (TPSA) is 21.3 Å². The average molecular weight is 253 g/mol. The minimum atomic E-state index is 0.360. The van der Waals surface area contributed by atoms with Gasteiger partial charge in [-0.05, 0) is 51.0 Å². The molecule has 2 heteroatoms. The van der Waals surface area contributed by atoms with Gasteiger partial charge in [0.15, 0.2) is 0 Å². The van der Waals surface area contributed by atoms with Crippen molar-refractivity contribution in [3.63, 3.8) is 0 Å². The maximum absolute atomic E-state index is 6.42. The fourth-order valence-corrected chi connectivity index (χ4v) is 3.66. The third kappa shape index (κ3) is 2.75. The van der Waals surface area contributed by atoms with Gasteiger partial charge in [0.25, 0.3) is 0 Å². The minimum absolute atomic E-state index is 0.360. The van der Waals surface area contributed by atoms with Gasteiger partial charge in [0.05, 0.1) is 12.2 Å². The normalized spacial score (nSPS) is 44.7. The molecular weight excluding hydrogens is 222 g/mol. The Morgan fingerprint density at radius 2 is 1.83 bits per heavy atom. The van der Waals surface area contributed by atoms with E-state index < -0.39 is 0 Å². The molecule has 0 aromatic heterocycles. The monoisotopic (exact) mass is 253 g/mol. The van der Waals surface area contributed by atoms with Gasteiger partial charge in [0.2, 0.25) is 0 Å². The van der Waals surface area contributed by atoms with Crippen LogP contribution in [0.25, 0.3) is 0 Å². The molecule has 2 rings (SSSR count). The van der Waals surface area contributed by atoms with E-state index in [0.29, 0.717) is 23.7 Å². The quantitative estimate of drug-likeness (QED) is 0.805. The highest BCUT2D eigenvalue weighted by Crippen LogP contribution is 2.47. The molecule has 0 radical (unpaired) electrons. The van der Waals surface area contributed by atoms with Gasteiger partial charge in [0.1, 0.15) is 0 Å². The lowest BCUT2D eigenvalue weighted by molar-refractivity contribution is -0.164. The lowest BCUT2D eigenvalue weighted by Crippen LogP contribution is -2.62. The molecule has 106 valence electrons. The standard InChI is InChI=1S/C16H31NO/c1-5-16(4)14(17-6-2)11-15(16)18-13-9-7-12(3)8-10-13/h12-15,17H,5-11H2,1-4H3. The van der Waals surface area contributed by atoms with Gasteiger partial charge < -0.3 is 10.1 Å². The zero-order valence-corrected chi connectivity index (χ0v) is 12.7. The van der Waals surface area contributed by atoms with Gasteiger partial charge >= 0.3 is 0 Å². The Balaban J connectivity index is 1.83. The third-order valence-corrected chi connectivity index (χ3v) is 5.51. The predicted molar refractivity (Wildman–Crippen MR) is 76.8 cm³/mol. The van der Waals surface area contributed by atoms with Crippen molar-refractivity contribution >= 4 is 0 Å². The van der Waals surface area contributed by atoms with E-state index in [1.165, 1.54) is 38.5 Å². The summed E-state index contributed by atoms with van der Waals surface area (Å²) in [5, 5.41) is 3.62. The molecule has 2 aliphatic carbocycles. The van der Waals surface area contributed by atoms with E-state index in [2.05, 4.69) is 33.0 Å². The Labute approximate surface area is 113 Å². The molecule has 0 aliphatic heterocycles. The zero-order chi connectivity index (χ0) is 13.2. The second-order valence-electron chi connectivity index (χ2n) is 6.71. The Bertz CT molecular complexity index is 260. The molecule has 2 saturated carbocycles. The number of rotatable bonds is 5. The summed E-state index contributed by atoms with van der Waals surface area (Å²) in [5.74, 6) is 0.915. The molecule has 2 aliphatic rings. The number of hydrogen-bond donors (Lipinski definition) is 1. The molecule has 3 unspecified atom stereocenters. The summed E-state index contributed by atoms with van der Waals surface area (Å²) < 4.78 is 6.42. The molecule has 0 saturated heterocycles. The first-order chi connectivity index (χ1) is 8.60. The maximum atomic E-state index is 6.42. The number of nitrogens with one attached hydrogen (secondary N) is 1. The summed E-state index contributed by atoms with van der Waals surface area (Å²) in [7, 11) is 0. The van der Waals surface area contributed by atoms with Gasteiger partial charge in [0, 0.05) is 11.5 Å². The molecule has 0 aromatic rings. The first kappa shape index (κ1) is 14.3. The Kier molecular flexibility index (Phi) is 4.71. The van der Waals surface area contributed by atoms with Gasteiger partial charge in [-0.1, -0.05) is 27.7 Å². The number of ether oxygens (including phenoxy) is 1. The third-order valence-electron chi connectivity index (χ3n) is 5.51. The van der Waals surface area contributed by atoms with E-state index in [4.69, 9.17) is 4.74 Å². The van der Waals surface area contributed by atoms with Gasteiger partial charge in [-0.15, -0.1) is 0 Å². The fraction of sp³-hybridized carbons (Fsp3) is 1.00. The second-order valence-corrected chi connectivity index (χ2v) is 6.71. The highest BCUT2D eigenvalue weighted by atomic mass is 16.5. The Morgan fingerprint density at radius 1 is 1.17 bits per heavy atom. The van der Waals surface area contributed by atoms with Crippen molar-refractivity contribution in [3.05, 3.63) is 0 Å². The van der Waals surface area contributed by atoms with Gasteiger partial charge in [-0.2, -0.15) is 0 Å². The molecule has 0 heterocycles. The molecule has 0 spiro atoms. The summed E-state index contributed by atoms with van der Waals surface area (Å²) in [4.78, 5) is 0. The SMILES string of the molecule is CCNC1CC(OC2CCC(C)CC2)C1(C)CC. The predicted octanol–water partition coefficient (Wildman–Crippen LogP) is 3.75. The van der Waals surface area contributed by atoms with E-state index in [1.807, 2.05) is 0 Å². The fourth-order valence-electron chi connectivity index (χ4n) is 3.66. The lowest BCUT2D eigenvalue weighted by atomic mass is 9.61. The molecule has 1 N–H and O–H groups in total. The molecule has 2 nitrogen and oxygen atoms in total. The second kappa shape index (κ2) is 5.92. The van der Waals surface area contributed by atoms with Crippen LogP contribution in [-0.2, 0) is 4.74 Å². The van der Waals surface area contributed by atoms with E-state index in [9.17, 15) is 0 Å². The first-order valence-corrected chi connectivity index (χ1v) is 7.99. The van der Waals surface area contributed by atoms with Crippen molar-refractivity contribution in [1.29, 1.82) is 0 Å². The van der Waals surface area contributed by atoms with Crippen LogP contribution < -0.4 is 5.32 Å². The molecular formula is C16H31NO. The summed E-state index contributed by atoms with van der Waals surface area (Å²) >= 11 is 0. The van der Waals surface area contributed by atoms with E-state index >= 15 is 0 Å². The van der Waals surface area contributed by atoms with Crippen LogP contribution in [0.2, 0.25) is 0 Å². The lowest BCUT2D eigenvalue weighted by Gasteiger charge is -2.55. The van der Waals surface area contributed by atoms with Crippen LogP contribution in [0.3, 0.4) is 0 Å². The number of hydrogen-bond acceptors (Lipinski definition) is 2. The van der Waals surface area contributed by atoms with Crippen molar-refractivity contribution in [3.8, 4) is 0 Å². The van der Waals surface area contributed by atoms with Gasteiger partial charge in [-0.25, -0.2) is 0 Å². The molecule has 2 fully saturated rings. The summed E-state index contributed by atoms with van der Waals surface area (Å²) in [6.07, 6.45) is 8.74. The van der Waals surface area contributed by atoms with E-state index in [-0.39, 0.29) is 0 Å². The van der Waals surface area contributed by atoms with Crippen molar-refractivity contribution in [2.45, 2.75) is 84.5 Å². The summed E-state index contributed by atoms with van der Waals surface area (Å²) in [6.45, 7) is 10.4. The van der Waals surface area contributed by atoms with Gasteiger partial charge in [-0.3, -0.25) is 0 Å². The molecule has 0 aromatic carbocycles. The highest BCUT2D eigenvalue weighted by molar-refractivity contribution is 5.05. The van der Waals surface area contributed by atoms with Crippen LogP contribution in [0, 0.1) is 11.3 Å².